The van der Waals surface area contributed by atoms with Gasteiger partial charge in [-0.25, -0.2) is 5.43 Å². The first-order valence-electron chi connectivity index (χ1n) is 7.56. The van der Waals surface area contributed by atoms with E-state index in [1.807, 2.05) is 6.07 Å². The lowest BCUT2D eigenvalue weighted by Crippen LogP contribution is -2.20. The number of amides is 2. The minimum atomic E-state index is -0.558. The number of non-ortho nitro benzene ring substituents is 1. The van der Waals surface area contributed by atoms with E-state index in [-0.39, 0.29) is 29.5 Å². The van der Waals surface area contributed by atoms with E-state index >= 15 is 0 Å². The van der Waals surface area contributed by atoms with E-state index < -0.39 is 10.8 Å². The second-order valence-corrected chi connectivity index (χ2v) is 5.58. The molecule has 0 saturated carbocycles. The van der Waals surface area contributed by atoms with Gasteiger partial charge in [0.15, 0.2) is 0 Å². The minimum absolute atomic E-state index is 0.00614. The lowest BCUT2D eigenvalue weighted by molar-refractivity contribution is -0.384. The van der Waals surface area contributed by atoms with Gasteiger partial charge >= 0.3 is 0 Å². The van der Waals surface area contributed by atoms with Crippen molar-refractivity contribution in [3.8, 4) is 0 Å². The van der Waals surface area contributed by atoms with Crippen LogP contribution in [0.15, 0.2) is 53.6 Å². The Balaban J connectivity index is 1.81. The molecule has 0 aliphatic heterocycles. The first-order chi connectivity index (χ1) is 12.5. The van der Waals surface area contributed by atoms with E-state index in [0.29, 0.717) is 11.3 Å². The van der Waals surface area contributed by atoms with Crippen molar-refractivity contribution in [1.29, 1.82) is 0 Å². The Morgan fingerprint density at radius 3 is 2.50 bits per heavy atom. The van der Waals surface area contributed by atoms with Crippen molar-refractivity contribution in [2.24, 2.45) is 5.10 Å². The molecular weight excluding hydrogens is 360 g/mol. The van der Waals surface area contributed by atoms with Gasteiger partial charge in [-0.05, 0) is 18.2 Å². The van der Waals surface area contributed by atoms with Crippen molar-refractivity contribution in [3.63, 3.8) is 0 Å². The molecule has 2 aromatic rings. The standard InChI is InChI=1S/C17H15ClN4O4/c18-15-7-6-14(22(25)26)10-12(15)11-19-21-17(24)9-8-16(23)20-13-4-2-1-3-5-13/h1-7,10-11H,8-9H2,(H,20,23)(H,21,24). The van der Waals surface area contributed by atoms with Crippen molar-refractivity contribution in [2.45, 2.75) is 12.8 Å². The van der Waals surface area contributed by atoms with Crippen LogP contribution in [0.1, 0.15) is 18.4 Å². The molecule has 0 heterocycles. The van der Waals surface area contributed by atoms with Gasteiger partial charge < -0.3 is 5.32 Å². The molecule has 26 heavy (non-hydrogen) atoms. The van der Waals surface area contributed by atoms with Crippen molar-refractivity contribution in [3.05, 3.63) is 69.2 Å². The molecule has 0 fully saturated rings. The monoisotopic (exact) mass is 374 g/mol. The molecule has 0 aliphatic rings. The molecule has 2 rings (SSSR count). The van der Waals surface area contributed by atoms with Gasteiger partial charge in [-0.15, -0.1) is 0 Å². The maximum Gasteiger partial charge on any atom is 0.270 e. The molecule has 0 radical (unpaired) electrons. The van der Waals surface area contributed by atoms with Crippen LogP contribution in [0.4, 0.5) is 11.4 Å². The molecule has 0 saturated heterocycles. The molecule has 0 unspecified atom stereocenters. The van der Waals surface area contributed by atoms with Gasteiger partial charge in [-0.2, -0.15) is 5.10 Å². The van der Waals surface area contributed by atoms with Crippen molar-refractivity contribution >= 4 is 41.0 Å². The Labute approximate surface area is 154 Å². The Bertz CT molecular complexity index is 840. The summed E-state index contributed by atoms with van der Waals surface area (Å²) in [5, 5.41) is 17.4. The highest BCUT2D eigenvalue weighted by Gasteiger charge is 2.09. The molecule has 0 atom stereocenters. The number of carbonyl (C=O) groups excluding carboxylic acids is 2. The number of para-hydroxylation sites is 1. The third-order valence-electron chi connectivity index (χ3n) is 3.22. The van der Waals surface area contributed by atoms with E-state index in [0.717, 1.165) is 0 Å². The highest BCUT2D eigenvalue weighted by molar-refractivity contribution is 6.33. The van der Waals surface area contributed by atoms with E-state index in [2.05, 4.69) is 15.8 Å². The smallest absolute Gasteiger partial charge is 0.270 e. The Morgan fingerprint density at radius 2 is 1.81 bits per heavy atom. The van der Waals surface area contributed by atoms with Crippen LogP contribution in [0.25, 0.3) is 0 Å². The summed E-state index contributed by atoms with van der Waals surface area (Å²) in [5.41, 5.74) is 3.05. The van der Waals surface area contributed by atoms with E-state index in [1.165, 1.54) is 24.4 Å². The fraction of sp³-hybridized carbons (Fsp3) is 0.118. The number of hydrazone groups is 1. The summed E-state index contributed by atoms with van der Waals surface area (Å²) in [6.45, 7) is 0. The zero-order valence-corrected chi connectivity index (χ0v) is 14.3. The summed E-state index contributed by atoms with van der Waals surface area (Å²) in [4.78, 5) is 33.6. The number of nitrogens with zero attached hydrogens (tertiary/aromatic N) is 2. The summed E-state index contributed by atoms with van der Waals surface area (Å²) in [7, 11) is 0. The number of hydrogen-bond donors (Lipinski definition) is 2. The van der Waals surface area contributed by atoms with Crippen LogP contribution < -0.4 is 10.7 Å². The number of hydrogen-bond acceptors (Lipinski definition) is 5. The minimum Gasteiger partial charge on any atom is -0.326 e. The molecule has 2 amide bonds. The number of nitro groups is 1. The van der Waals surface area contributed by atoms with Crippen LogP contribution in [0, 0.1) is 10.1 Å². The maximum absolute atomic E-state index is 11.7. The van der Waals surface area contributed by atoms with Crippen LogP contribution in [0.5, 0.6) is 0 Å². The zero-order chi connectivity index (χ0) is 18.9. The second kappa shape index (κ2) is 9.28. The number of halogens is 1. The Kier molecular flexibility index (Phi) is 6.81. The zero-order valence-electron chi connectivity index (χ0n) is 13.5. The number of nitrogens with one attached hydrogen (secondary N) is 2. The largest absolute Gasteiger partial charge is 0.326 e. The first-order valence-corrected chi connectivity index (χ1v) is 7.94. The average molecular weight is 375 g/mol. The van der Waals surface area contributed by atoms with Gasteiger partial charge in [0.05, 0.1) is 11.1 Å². The number of anilines is 1. The predicted octanol–water partition coefficient (Wildman–Crippen LogP) is 3.12. The van der Waals surface area contributed by atoms with Crippen molar-refractivity contribution in [1.82, 2.24) is 5.43 Å². The van der Waals surface area contributed by atoms with Crippen molar-refractivity contribution < 1.29 is 14.5 Å². The van der Waals surface area contributed by atoms with E-state index in [4.69, 9.17) is 11.6 Å². The molecule has 0 aromatic heterocycles. The predicted molar refractivity (Wildman–Crippen MR) is 98.1 cm³/mol. The summed E-state index contributed by atoms with van der Waals surface area (Å²) in [6.07, 6.45) is 1.14. The highest BCUT2D eigenvalue weighted by Crippen LogP contribution is 2.20. The molecule has 134 valence electrons. The first kappa shape index (κ1) is 19.1. The van der Waals surface area contributed by atoms with Crippen LogP contribution in [-0.2, 0) is 9.59 Å². The topological polar surface area (TPSA) is 114 Å². The number of carbonyl (C=O) groups is 2. The van der Waals surface area contributed by atoms with Gasteiger partial charge in [-0.1, -0.05) is 29.8 Å². The molecule has 0 spiro atoms. The molecule has 0 bridgehead atoms. The van der Waals surface area contributed by atoms with Gasteiger partial charge in [0.1, 0.15) is 0 Å². The van der Waals surface area contributed by atoms with Crippen LogP contribution in [0.3, 0.4) is 0 Å². The third kappa shape index (κ3) is 5.99. The lowest BCUT2D eigenvalue weighted by atomic mass is 10.2. The van der Waals surface area contributed by atoms with Crippen LogP contribution in [0.2, 0.25) is 5.02 Å². The molecule has 2 N–H and O–H groups in total. The number of rotatable bonds is 7. The van der Waals surface area contributed by atoms with Gasteiger partial charge in [0, 0.05) is 41.2 Å². The average Bonchev–Trinajstić information content (AvgIpc) is 2.62. The maximum atomic E-state index is 11.7. The number of nitro benzene ring substituents is 1. The third-order valence-corrected chi connectivity index (χ3v) is 3.56. The van der Waals surface area contributed by atoms with Gasteiger partial charge in [0.25, 0.3) is 5.69 Å². The molecule has 8 nitrogen and oxygen atoms in total. The SMILES string of the molecule is O=C(CCC(=O)Nc1ccccc1)NN=Cc1cc([N+](=O)[O-])ccc1Cl. The van der Waals surface area contributed by atoms with Gasteiger partial charge in [0.2, 0.25) is 11.8 Å². The highest BCUT2D eigenvalue weighted by atomic mass is 35.5. The molecular formula is C17H15ClN4O4. The normalized spacial score (nSPS) is 10.5. The molecule has 0 aliphatic carbocycles. The molecule has 9 heteroatoms. The summed E-state index contributed by atoms with van der Waals surface area (Å²) >= 11 is 5.92. The molecule has 2 aromatic carbocycles. The quantitative estimate of drug-likeness (QED) is 0.440. The van der Waals surface area contributed by atoms with Crippen molar-refractivity contribution in [2.75, 3.05) is 5.32 Å². The summed E-state index contributed by atoms with van der Waals surface area (Å²) in [5.74, 6) is -0.761. The van der Waals surface area contributed by atoms with E-state index in [9.17, 15) is 19.7 Å². The fourth-order valence-electron chi connectivity index (χ4n) is 1.95. The fourth-order valence-corrected chi connectivity index (χ4v) is 2.11. The number of benzene rings is 2. The Hall–Kier alpha value is -3.26. The summed E-state index contributed by atoms with van der Waals surface area (Å²) < 4.78 is 0. The van der Waals surface area contributed by atoms with Crippen LogP contribution >= 0.6 is 11.6 Å². The van der Waals surface area contributed by atoms with Crippen LogP contribution in [-0.4, -0.2) is 23.0 Å². The van der Waals surface area contributed by atoms with Gasteiger partial charge in [-0.3, -0.25) is 19.7 Å². The Morgan fingerprint density at radius 1 is 1.12 bits per heavy atom. The second-order valence-electron chi connectivity index (χ2n) is 5.17. The summed E-state index contributed by atoms with van der Waals surface area (Å²) in [6, 6.07) is 12.8. The van der Waals surface area contributed by atoms with E-state index in [1.54, 1.807) is 24.3 Å². The lowest BCUT2D eigenvalue weighted by Gasteiger charge is -2.04.